The van der Waals surface area contributed by atoms with Gasteiger partial charge in [0.1, 0.15) is 13.2 Å². The van der Waals surface area contributed by atoms with E-state index in [9.17, 15) is 19.4 Å². The molecule has 2 N–H and O–H groups in total. The maximum Gasteiger partial charge on any atom is 0.268 e. The van der Waals surface area contributed by atoms with Crippen molar-refractivity contribution in [2.75, 3.05) is 40.9 Å². The minimum atomic E-state index is -4.54. The first-order valence-electron chi connectivity index (χ1n) is 16.7. The third kappa shape index (κ3) is 27.8. The molecule has 1 amide bonds. The fraction of sp³-hybridized carbons (Fsp3) is 0.848. The molecule has 0 rings (SSSR count). The number of nitrogens with zero attached hydrogens (tertiary/aromatic N) is 1. The maximum atomic E-state index is 12.6. The van der Waals surface area contributed by atoms with E-state index in [-0.39, 0.29) is 19.1 Å². The van der Waals surface area contributed by atoms with E-state index in [1.54, 1.807) is 0 Å². The summed E-state index contributed by atoms with van der Waals surface area (Å²) in [5.74, 6) is -0.189. The lowest BCUT2D eigenvalue weighted by Gasteiger charge is -2.30. The number of amides is 1. The van der Waals surface area contributed by atoms with Crippen LogP contribution in [0.15, 0.2) is 24.3 Å². The van der Waals surface area contributed by atoms with Crippen LogP contribution < -0.4 is 10.2 Å². The molecule has 0 aliphatic carbocycles. The van der Waals surface area contributed by atoms with E-state index < -0.39 is 20.0 Å². The number of carbonyl (C=O) groups is 1. The summed E-state index contributed by atoms with van der Waals surface area (Å²) in [5, 5.41) is 13.6. The quantitative estimate of drug-likeness (QED) is 0.0398. The number of unbranched alkanes of at least 4 members (excludes halogenated alkanes) is 12. The Kier molecular flexibility index (Phi) is 25.7. The normalized spacial score (nSPS) is 15.3. The highest BCUT2D eigenvalue weighted by Crippen LogP contribution is 2.38. The number of allylic oxidation sites excluding steroid dienone is 4. The van der Waals surface area contributed by atoms with Gasteiger partial charge in [0.15, 0.2) is 0 Å². The number of hydrogen-bond donors (Lipinski definition) is 2. The van der Waals surface area contributed by atoms with Gasteiger partial charge in [0.05, 0.1) is 39.9 Å². The van der Waals surface area contributed by atoms with Crippen molar-refractivity contribution in [3.05, 3.63) is 24.3 Å². The van der Waals surface area contributed by atoms with E-state index in [0.29, 0.717) is 23.9 Å². The van der Waals surface area contributed by atoms with Gasteiger partial charge in [-0.3, -0.25) is 9.36 Å². The number of phosphoric acid groups is 1. The SMILES string of the molecule is CCCCC/C=C\C/C=C\CCCCCCCC(=O)NC(COP(=O)([O-])OCC[N+](C)(C)C)C(O)CCCCCCC. The van der Waals surface area contributed by atoms with Gasteiger partial charge >= 0.3 is 0 Å². The molecule has 8 nitrogen and oxygen atoms in total. The van der Waals surface area contributed by atoms with Crippen LogP contribution in [0.4, 0.5) is 0 Å². The molecular formula is C33H65N2O6P. The fourth-order valence-corrected chi connectivity index (χ4v) is 5.14. The lowest BCUT2D eigenvalue weighted by molar-refractivity contribution is -0.870. The fourth-order valence-electron chi connectivity index (χ4n) is 4.42. The van der Waals surface area contributed by atoms with E-state index in [2.05, 4.69) is 43.5 Å². The molecule has 0 fully saturated rings. The van der Waals surface area contributed by atoms with Crippen LogP contribution in [0.2, 0.25) is 0 Å². The Morgan fingerprint density at radius 1 is 0.833 bits per heavy atom. The number of carbonyl (C=O) groups excluding carboxylic acids is 1. The van der Waals surface area contributed by atoms with Gasteiger partial charge in [0.25, 0.3) is 7.82 Å². The summed E-state index contributed by atoms with van der Waals surface area (Å²) >= 11 is 0. The highest BCUT2D eigenvalue weighted by Gasteiger charge is 2.24. The molecule has 0 aliphatic rings. The van der Waals surface area contributed by atoms with Gasteiger partial charge in [-0.1, -0.05) is 102 Å². The second-order valence-corrected chi connectivity index (χ2v) is 13.9. The molecule has 0 spiro atoms. The van der Waals surface area contributed by atoms with E-state index in [1.807, 2.05) is 21.1 Å². The number of quaternary nitrogens is 1. The second kappa shape index (κ2) is 26.4. The zero-order valence-corrected chi connectivity index (χ0v) is 28.6. The molecule has 0 saturated carbocycles. The molecule has 0 heterocycles. The Morgan fingerprint density at radius 2 is 1.38 bits per heavy atom. The molecule has 0 aromatic heterocycles. The van der Waals surface area contributed by atoms with Crippen LogP contribution in [0, 0.1) is 0 Å². The molecule has 0 saturated heterocycles. The van der Waals surface area contributed by atoms with Crippen molar-refractivity contribution < 1.29 is 32.9 Å². The lowest BCUT2D eigenvalue weighted by atomic mass is 10.0. The molecule has 0 aliphatic heterocycles. The summed E-state index contributed by atoms with van der Waals surface area (Å²) in [5.41, 5.74) is 0. The topological polar surface area (TPSA) is 108 Å². The minimum Gasteiger partial charge on any atom is -0.756 e. The molecule has 0 bridgehead atoms. The number of hydrogen-bond acceptors (Lipinski definition) is 6. The van der Waals surface area contributed by atoms with Crippen molar-refractivity contribution >= 4 is 13.7 Å². The average molecular weight is 617 g/mol. The van der Waals surface area contributed by atoms with Gasteiger partial charge in [-0.25, -0.2) is 0 Å². The van der Waals surface area contributed by atoms with Crippen molar-refractivity contribution in [3.63, 3.8) is 0 Å². The molecule has 0 aromatic carbocycles. The third-order valence-electron chi connectivity index (χ3n) is 7.19. The summed E-state index contributed by atoms with van der Waals surface area (Å²) in [6.07, 6.45) is 26.4. The van der Waals surface area contributed by atoms with E-state index in [0.717, 1.165) is 77.0 Å². The van der Waals surface area contributed by atoms with Crippen molar-refractivity contribution in [3.8, 4) is 0 Å². The molecule has 0 aromatic rings. The van der Waals surface area contributed by atoms with E-state index >= 15 is 0 Å². The van der Waals surface area contributed by atoms with Gasteiger partial charge in [-0.15, -0.1) is 0 Å². The van der Waals surface area contributed by atoms with Crippen molar-refractivity contribution in [1.82, 2.24) is 5.32 Å². The molecule has 3 unspecified atom stereocenters. The maximum absolute atomic E-state index is 12.6. The molecule has 3 atom stereocenters. The Bertz CT molecular complexity index is 753. The minimum absolute atomic E-state index is 0.00805. The zero-order valence-electron chi connectivity index (χ0n) is 27.7. The molecular weight excluding hydrogens is 551 g/mol. The van der Waals surface area contributed by atoms with E-state index in [4.69, 9.17) is 9.05 Å². The molecule has 9 heteroatoms. The second-order valence-electron chi connectivity index (χ2n) is 12.5. The summed E-state index contributed by atoms with van der Waals surface area (Å²) in [6, 6.07) is -0.800. The van der Waals surface area contributed by atoms with Crippen molar-refractivity contribution in [2.45, 2.75) is 142 Å². The Labute approximate surface area is 258 Å². The molecule has 248 valence electrons. The van der Waals surface area contributed by atoms with Gasteiger partial charge in [-0.2, -0.15) is 0 Å². The summed E-state index contributed by atoms with van der Waals surface area (Å²) in [4.78, 5) is 24.9. The lowest BCUT2D eigenvalue weighted by Crippen LogP contribution is -2.46. The number of likely N-dealkylation sites (N-methyl/N-ethyl adjacent to an activating group) is 1. The van der Waals surface area contributed by atoms with Crippen molar-refractivity contribution in [1.29, 1.82) is 0 Å². The summed E-state index contributed by atoms with van der Waals surface area (Å²) < 4.78 is 22.9. The predicted octanol–water partition coefficient (Wildman–Crippen LogP) is 7.21. The smallest absolute Gasteiger partial charge is 0.268 e. The summed E-state index contributed by atoms with van der Waals surface area (Å²) in [7, 11) is 1.28. The predicted molar refractivity (Wildman–Crippen MR) is 173 cm³/mol. The van der Waals surface area contributed by atoms with Crippen LogP contribution >= 0.6 is 7.82 Å². The first-order valence-corrected chi connectivity index (χ1v) is 18.1. The van der Waals surface area contributed by atoms with Crippen LogP contribution in [0.25, 0.3) is 0 Å². The van der Waals surface area contributed by atoms with Crippen LogP contribution in [0.1, 0.15) is 129 Å². The van der Waals surface area contributed by atoms with Gasteiger partial charge in [0.2, 0.25) is 5.91 Å². The number of aliphatic hydroxyl groups is 1. The first-order chi connectivity index (χ1) is 20.0. The highest BCUT2D eigenvalue weighted by molar-refractivity contribution is 7.45. The number of aliphatic hydroxyl groups excluding tert-OH is 1. The largest absolute Gasteiger partial charge is 0.756 e. The van der Waals surface area contributed by atoms with E-state index in [1.165, 1.54) is 25.7 Å². The highest BCUT2D eigenvalue weighted by atomic mass is 31.2. The van der Waals surface area contributed by atoms with Crippen LogP contribution in [0.3, 0.4) is 0 Å². The number of rotatable bonds is 29. The van der Waals surface area contributed by atoms with Crippen molar-refractivity contribution in [2.24, 2.45) is 0 Å². The Balaban J connectivity index is 4.40. The average Bonchev–Trinajstić information content (AvgIpc) is 2.92. The molecule has 0 radical (unpaired) electrons. The number of phosphoric ester groups is 1. The zero-order chi connectivity index (χ0) is 31.5. The third-order valence-corrected chi connectivity index (χ3v) is 8.16. The van der Waals surface area contributed by atoms with Gasteiger partial charge < -0.3 is 28.8 Å². The van der Waals surface area contributed by atoms with Crippen LogP contribution in [-0.4, -0.2) is 68.5 Å². The Morgan fingerprint density at radius 3 is 2.02 bits per heavy atom. The van der Waals surface area contributed by atoms with Crippen LogP contribution in [-0.2, 0) is 18.4 Å². The van der Waals surface area contributed by atoms with Gasteiger partial charge in [0, 0.05) is 6.42 Å². The summed E-state index contributed by atoms with van der Waals surface area (Å²) in [6.45, 7) is 4.55. The van der Waals surface area contributed by atoms with Gasteiger partial charge in [-0.05, 0) is 44.9 Å². The standard InChI is InChI=1S/C33H65N2O6P/c1-6-8-10-12-13-14-15-16-17-18-19-20-21-23-25-27-33(37)34-31(32(36)26-24-22-11-9-7-2)30-41-42(38,39)40-29-28-35(3,4)5/h13-14,16-17,31-32,36H,6-12,15,18-30H2,1-5H3,(H-,34,37,38,39)/b14-13-,17-16-. The number of nitrogens with one attached hydrogen (secondary N) is 1. The Hall–Kier alpha value is -1.02. The van der Waals surface area contributed by atoms with Crippen LogP contribution in [0.5, 0.6) is 0 Å². The first kappa shape index (κ1) is 41.0. The molecule has 42 heavy (non-hydrogen) atoms. The monoisotopic (exact) mass is 616 g/mol.